The molecule has 4 rings (SSSR count). The van der Waals surface area contributed by atoms with Gasteiger partial charge in [0.05, 0.1) is 24.4 Å². The van der Waals surface area contributed by atoms with Crippen LogP contribution < -0.4 is 0 Å². The second kappa shape index (κ2) is 9.22. The average molecular weight is 427 g/mol. The average Bonchev–Trinajstić information content (AvgIpc) is 2.67. The van der Waals surface area contributed by atoms with Gasteiger partial charge >= 0.3 is 17.9 Å². The van der Waals surface area contributed by atoms with Gasteiger partial charge in [-0.25, -0.2) is 0 Å². The molecule has 4 aliphatic rings. The lowest BCUT2D eigenvalue weighted by atomic mass is 9.53. The molecule has 4 fully saturated rings. The number of aliphatic carboxylic acids is 1. The van der Waals surface area contributed by atoms with Crippen molar-refractivity contribution >= 4 is 17.9 Å². The summed E-state index contributed by atoms with van der Waals surface area (Å²) in [6.45, 7) is 3.53. The van der Waals surface area contributed by atoms with Gasteiger partial charge in [0.25, 0.3) is 0 Å². The van der Waals surface area contributed by atoms with Crippen LogP contribution in [-0.2, 0) is 23.9 Å². The third-order valence-corrected chi connectivity index (χ3v) is 7.21. The van der Waals surface area contributed by atoms with E-state index >= 15 is 0 Å². The molecule has 0 amide bonds. The highest BCUT2D eigenvalue weighted by molar-refractivity contribution is 5.76. The monoisotopic (exact) mass is 426 g/mol. The first-order valence-corrected chi connectivity index (χ1v) is 11.1. The van der Waals surface area contributed by atoms with Crippen molar-refractivity contribution in [2.45, 2.75) is 89.6 Å². The third kappa shape index (κ3) is 5.14. The van der Waals surface area contributed by atoms with Gasteiger partial charge in [-0.3, -0.25) is 14.4 Å². The van der Waals surface area contributed by atoms with E-state index in [9.17, 15) is 24.6 Å². The molecule has 4 bridgehead atoms. The molecule has 0 aromatic heterocycles. The molecule has 0 heterocycles. The maximum Gasteiger partial charge on any atom is 0.311 e. The van der Waals surface area contributed by atoms with Crippen molar-refractivity contribution in [3.8, 4) is 0 Å². The van der Waals surface area contributed by atoms with Gasteiger partial charge in [-0.2, -0.15) is 0 Å². The summed E-state index contributed by atoms with van der Waals surface area (Å²) in [4.78, 5) is 35.7. The van der Waals surface area contributed by atoms with E-state index in [0.29, 0.717) is 25.2 Å². The molecule has 0 aliphatic heterocycles. The van der Waals surface area contributed by atoms with Gasteiger partial charge in [0.2, 0.25) is 6.29 Å². The fraction of sp³-hybridized carbons (Fsp3) is 0.864. The van der Waals surface area contributed by atoms with Crippen molar-refractivity contribution in [1.29, 1.82) is 0 Å². The lowest BCUT2D eigenvalue weighted by molar-refractivity contribution is -0.209. The Morgan fingerprint density at radius 3 is 2.30 bits per heavy atom. The third-order valence-electron chi connectivity index (χ3n) is 7.21. The molecule has 4 aliphatic carbocycles. The highest BCUT2D eigenvalue weighted by Gasteiger charge is 2.57. The second-order valence-corrected chi connectivity index (χ2v) is 9.63. The van der Waals surface area contributed by atoms with Crippen LogP contribution >= 0.6 is 0 Å². The van der Waals surface area contributed by atoms with E-state index in [2.05, 4.69) is 0 Å². The number of carboxylic acids is 1. The Hall–Kier alpha value is -1.67. The van der Waals surface area contributed by atoms with Gasteiger partial charge in [-0.05, 0) is 62.7 Å². The number of hydrogen-bond donors (Lipinski definition) is 3. The van der Waals surface area contributed by atoms with Crippen molar-refractivity contribution in [2.75, 3.05) is 0 Å². The van der Waals surface area contributed by atoms with E-state index in [-0.39, 0.29) is 43.2 Å². The maximum absolute atomic E-state index is 12.8. The van der Waals surface area contributed by atoms with Crippen molar-refractivity contribution in [2.24, 2.45) is 29.6 Å². The summed E-state index contributed by atoms with van der Waals surface area (Å²) in [7, 11) is 0. The molecule has 170 valence electrons. The SMILES string of the molecule is CCC(CC(C)C(=O)OC12CC3CC(C1)C(O)C(C3)C2)C(=O)OC(O)CCC(=O)O. The molecule has 8 nitrogen and oxygen atoms in total. The smallest absolute Gasteiger partial charge is 0.311 e. The van der Waals surface area contributed by atoms with Crippen molar-refractivity contribution < 1.29 is 39.2 Å². The van der Waals surface area contributed by atoms with Crippen LogP contribution in [0, 0.1) is 29.6 Å². The van der Waals surface area contributed by atoms with Crippen LogP contribution in [0.3, 0.4) is 0 Å². The predicted octanol–water partition coefficient (Wildman–Crippen LogP) is 2.25. The lowest BCUT2D eigenvalue weighted by Crippen LogP contribution is -2.58. The van der Waals surface area contributed by atoms with Crippen LogP contribution in [0.4, 0.5) is 0 Å². The van der Waals surface area contributed by atoms with Gasteiger partial charge in [0, 0.05) is 6.42 Å². The van der Waals surface area contributed by atoms with Crippen LogP contribution in [0.25, 0.3) is 0 Å². The highest BCUT2D eigenvalue weighted by atomic mass is 16.6. The summed E-state index contributed by atoms with van der Waals surface area (Å²) >= 11 is 0. The summed E-state index contributed by atoms with van der Waals surface area (Å²) < 4.78 is 11.0. The molecule has 0 radical (unpaired) electrons. The van der Waals surface area contributed by atoms with Gasteiger partial charge < -0.3 is 24.8 Å². The number of esters is 2. The van der Waals surface area contributed by atoms with Gasteiger partial charge in [0.1, 0.15) is 5.60 Å². The Bertz CT molecular complexity index is 646. The summed E-state index contributed by atoms with van der Waals surface area (Å²) in [5.41, 5.74) is -0.476. The number of ether oxygens (including phenoxy) is 2. The highest BCUT2D eigenvalue weighted by Crippen LogP contribution is 2.57. The largest absolute Gasteiger partial charge is 0.481 e. The maximum atomic E-state index is 12.8. The number of carbonyl (C=O) groups excluding carboxylic acids is 2. The Kier molecular flexibility index (Phi) is 7.07. The zero-order chi connectivity index (χ0) is 22.1. The summed E-state index contributed by atoms with van der Waals surface area (Å²) in [5.74, 6) is -2.18. The van der Waals surface area contributed by atoms with Crippen molar-refractivity contribution in [3.05, 3.63) is 0 Å². The number of aliphatic hydroxyl groups excluding tert-OH is 2. The molecule has 5 atom stereocenters. The quantitative estimate of drug-likeness (QED) is 0.358. The fourth-order valence-electron chi connectivity index (χ4n) is 5.85. The Morgan fingerprint density at radius 2 is 1.73 bits per heavy atom. The van der Waals surface area contributed by atoms with E-state index in [4.69, 9.17) is 14.6 Å². The van der Waals surface area contributed by atoms with E-state index in [1.807, 2.05) is 0 Å². The molecular weight excluding hydrogens is 392 g/mol. The van der Waals surface area contributed by atoms with Crippen LogP contribution in [-0.4, -0.2) is 51.2 Å². The molecule has 0 aromatic carbocycles. The summed E-state index contributed by atoms with van der Waals surface area (Å²) in [5, 5.41) is 28.7. The van der Waals surface area contributed by atoms with Crippen molar-refractivity contribution in [1.82, 2.24) is 0 Å². The summed E-state index contributed by atoms with van der Waals surface area (Å²) in [6.07, 6.45) is 2.78. The number of hydrogen-bond acceptors (Lipinski definition) is 7. The normalized spacial score (nSPS) is 34.8. The number of rotatable bonds is 10. The standard InChI is InChI=1S/C22H34O8/c1-3-14(21(28)29-18(25)5-4-17(23)24)6-12(2)20(27)30-22-9-13-7-15(10-22)19(26)16(8-13)11-22/h12-16,18-19,25-26H,3-11H2,1-2H3,(H,23,24). The first kappa shape index (κ1) is 23.0. The molecule has 30 heavy (non-hydrogen) atoms. The molecule has 8 heteroatoms. The molecule has 0 saturated heterocycles. The zero-order valence-electron chi connectivity index (χ0n) is 17.8. The topological polar surface area (TPSA) is 130 Å². The molecule has 0 aromatic rings. The van der Waals surface area contributed by atoms with Gasteiger partial charge in [-0.15, -0.1) is 0 Å². The second-order valence-electron chi connectivity index (χ2n) is 9.63. The minimum atomic E-state index is -1.47. The predicted molar refractivity (Wildman–Crippen MR) is 105 cm³/mol. The van der Waals surface area contributed by atoms with Gasteiger partial charge in [-0.1, -0.05) is 13.8 Å². The Balaban J connectivity index is 1.51. The number of aliphatic hydroxyl groups is 2. The Morgan fingerprint density at radius 1 is 1.10 bits per heavy atom. The Labute approximate surface area is 176 Å². The molecule has 0 spiro atoms. The summed E-state index contributed by atoms with van der Waals surface area (Å²) in [6, 6.07) is 0. The molecule has 3 N–H and O–H groups in total. The van der Waals surface area contributed by atoms with Crippen LogP contribution in [0.1, 0.15) is 71.6 Å². The van der Waals surface area contributed by atoms with E-state index < -0.39 is 35.7 Å². The van der Waals surface area contributed by atoms with E-state index in [0.717, 1.165) is 19.3 Å². The zero-order valence-corrected chi connectivity index (χ0v) is 17.8. The first-order chi connectivity index (χ1) is 14.1. The minimum Gasteiger partial charge on any atom is -0.481 e. The minimum absolute atomic E-state index is 0.174. The molecule has 4 saturated carbocycles. The van der Waals surface area contributed by atoms with Crippen molar-refractivity contribution in [3.63, 3.8) is 0 Å². The van der Waals surface area contributed by atoms with Gasteiger partial charge in [0.15, 0.2) is 0 Å². The number of carboxylic acid groups (broad SMARTS) is 1. The first-order valence-electron chi connectivity index (χ1n) is 11.1. The molecular formula is C22H34O8. The lowest BCUT2D eigenvalue weighted by Gasteiger charge is -2.57. The van der Waals surface area contributed by atoms with Crippen LogP contribution in [0.15, 0.2) is 0 Å². The van der Waals surface area contributed by atoms with E-state index in [1.54, 1.807) is 13.8 Å². The van der Waals surface area contributed by atoms with Crippen LogP contribution in [0.5, 0.6) is 0 Å². The van der Waals surface area contributed by atoms with Crippen LogP contribution in [0.2, 0.25) is 0 Å². The fourth-order valence-corrected chi connectivity index (χ4v) is 5.85. The van der Waals surface area contributed by atoms with E-state index in [1.165, 1.54) is 0 Å². The molecule has 5 unspecified atom stereocenters. The number of carbonyl (C=O) groups is 3.